The maximum Gasteiger partial charge on any atom is 0.213 e. The van der Waals surface area contributed by atoms with E-state index in [9.17, 15) is 0 Å². The lowest BCUT2D eigenvalue weighted by Gasteiger charge is -2.35. The summed E-state index contributed by atoms with van der Waals surface area (Å²) in [5.74, 6) is 1.68. The summed E-state index contributed by atoms with van der Waals surface area (Å²) in [5.41, 5.74) is -0.490. The molecule has 0 unspecified atom stereocenters. The van der Waals surface area contributed by atoms with E-state index in [4.69, 9.17) is 19.5 Å². The average Bonchev–Trinajstić information content (AvgIpc) is 2.47. The van der Waals surface area contributed by atoms with Crippen LogP contribution in [0.1, 0.15) is 39.5 Å². The first-order valence-corrected chi connectivity index (χ1v) is 7.52. The van der Waals surface area contributed by atoms with E-state index in [0.717, 1.165) is 19.3 Å². The molecular formula is C17H28N2O2. The van der Waals surface area contributed by atoms with Crippen molar-refractivity contribution in [2.45, 2.75) is 51.1 Å². The molecule has 4 heteroatoms. The molecule has 4 nitrogen and oxygen atoms in total. The van der Waals surface area contributed by atoms with Crippen LogP contribution in [0.5, 0.6) is 0 Å². The van der Waals surface area contributed by atoms with Gasteiger partial charge in [-0.25, -0.2) is 9.98 Å². The van der Waals surface area contributed by atoms with Gasteiger partial charge in [-0.3, -0.25) is 0 Å². The van der Waals surface area contributed by atoms with E-state index in [2.05, 4.69) is 27.0 Å². The summed E-state index contributed by atoms with van der Waals surface area (Å²) in [5, 5.41) is 0. The van der Waals surface area contributed by atoms with E-state index < -0.39 is 5.54 Å². The fourth-order valence-corrected chi connectivity index (χ4v) is 2.65. The first kappa shape index (κ1) is 17.5. The summed E-state index contributed by atoms with van der Waals surface area (Å²) in [7, 11) is 3.32. The van der Waals surface area contributed by atoms with Gasteiger partial charge in [0.25, 0.3) is 0 Å². The minimum Gasteiger partial charge on any atom is -0.483 e. The van der Waals surface area contributed by atoms with Crippen LogP contribution < -0.4 is 0 Å². The van der Waals surface area contributed by atoms with Crippen LogP contribution in [0.2, 0.25) is 0 Å². The number of aliphatic imine (C=N–C) groups is 2. The van der Waals surface area contributed by atoms with Crippen molar-refractivity contribution < 1.29 is 9.47 Å². The van der Waals surface area contributed by atoms with Crippen molar-refractivity contribution in [3.05, 3.63) is 25.3 Å². The molecule has 0 fully saturated rings. The highest BCUT2D eigenvalue weighted by atomic mass is 16.5. The second-order valence-electron chi connectivity index (χ2n) is 5.69. The zero-order valence-corrected chi connectivity index (χ0v) is 13.8. The first-order valence-electron chi connectivity index (χ1n) is 7.52. The number of nitrogens with zero attached hydrogens (tertiary/aromatic N) is 2. The normalized spacial score (nSPS) is 25.1. The topological polar surface area (TPSA) is 43.2 Å². The van der Waals surface area contributed by atoms with Crippen molar-refractivity contribution in [1.82, 2.24) is 0 Å². The van der Waals surface area contributed by atoms with Crippen LogP contribution >= 0.6 is 0 Å². The fraction of sp³-hybridized carbons (Fsp3) is 0.647. The van der Waals surface area contributed by atoms with E-state index in [-0.39, 0.29) is 6.04 Å². The minimum absolute atomic E-state index is 0.0812. The standard InChI is InChI=1S/C17H28N2O2/c1-7-9-10-12-17(11-8-2)16(21-6)18-14(13(3)4)15(19-17)20-5/h7-8,13-14H,1-2,9-12H2,3-6H3/t14-,17+/m1/s1. The Morgan fingerprint density at radius 3 is 2.43 bits per heavy atom. The Morgan fingerprint density at radius 2 is 1.95 bits per heavy atom. The van der Waals surface area contributed by atoms with Gasteiger partial charge >= 0.3 is 0 Å². The smallest absolute Gasteiger partial charge is 0.213 e. The maximum atomic E-state index is 5.58. The van der Waals surface area contributed by atoms with Crippen LogP contribution in [0, 0.1) is 5.92 Å². The maximum absolute atomic E-state index is 5.58. The van der Waals surface area contributed by atoms with Crippen molar-refractivity contribution in [2.24, 2.45) is 15.9 Å². The summed E-state index contributed by atoms with van der Waals surface area (Å²) >= 11 is 0. The van der Waals surface area contributed by atoms with Crippen molar-refractivity contribution in [2.75, 3.05) is 14.2 Å². The number of hydrogen-bond donors (Lipinski definition) is 0. The van der Waals surface area contributed by atoms with Crippen LogP contribution in [-0.2, 0) is 9.47 Å². The molecule has 0 aromatic heterocycles. The van der Waals surface area contributed by atoms with Crippen LogP contribution in [-0.4, -0.2) is 37.6 Å². The third-order valence-corrected chi connectivity index (χ3v) is 3.75. The van der Waals surface area contributed by atoms with Crippen molar-refractivity contribution in [1.29, 1.82) is 0 Å². The van der Waals surface area contributed by atoms with Gasteiger partial charge in [-0.2, -0.15) is 0 Å². The third-order valence-electron chi connectivity index (χ3n) is 3.75. The number of rotatable bonds is 7. The zero-order valence-electron chi connectivity index (χ0n) is 13.8. The molecule has 0 N–H and O–H groups in total. The lowest BCUT2D eigenvalue weighted by molar-refractivity contribution is 0.295. The number of hydrogen-bond acceptors (Lipinski definition) is 4. The van der Waals surface area contributed by atoms with Crippen molar-refractivity contribution >= 4 is 11.8 Å². The molecule has 0 saturated carbocycles. The number of allylic oxidation sites excluding steroid dienone is 1. The Labute approximate surface area is 128 Å². The van der Waals surface area contributed by atoms with Gasteiger partial charge in [0.2, 0.25) is 11.8 Å². The Hall–Kier alpha value is -1.58. The molecule has 1 aliphatic rings. The zero-order chi connectivity index (χ0) is 15.9. The Bertz CT molecular complexity index is 427. The van der Waals surface area contributed by atoms with E-state index in [1.165, 1.54) is 0 Å². The van der Waals surface area contributed by atoms with Crippen LogP contribution in [0.15, 0.2) is 35.3 Å². The molecule has 0 radical (unpaired) electrons. The lowest BCUT2D eigenvalue weighted by Crippen LogP contribution is -2.46. The van der Waals surface area contributed by atoms with Crippen LogP contribution in [0.3, 0.4) is 0 Å². The summed E-state index contributed by atoms with van der Waals surface area (Å²) in [6, 6.07) is -0.0812. The molecule has 0 amide bonds. The monoisotopic (exact) mass is 292 g/mol. The second kappa shape index (κ2) is 8.01. The summed E-state index contributed by atoms with van der Waals surface area (Å²) in [6.45, 7) is 11.8. The molecule has 0 aliphatic carbocycles. The fourth-order valence-electron chi connectivity index (χ4n) is 2.65. The van der Waals surface area contributed by atoms with E-state index in [1.807, 2.05) is 12.2 Å². The molecule has 0 aromatic rings. The quantitative estimate of drug-likeness (QED) is 0.529. The molecule has 0 aromatic carbocycles. The number of ether oxygens (including phenoxy) is 2. The van der Waals surface area contributed by atoms with E-state index in [0.29, 0.717) is 24.1 Å². The average molecular weight is 292 g/mol. The molecule has 1 heterocycles. The summed E-state index contributed by atoms with van der Waals surface area (Å²) in [6.07, 6.45) is 7.25. The van der Waals surface area contributed by atoms with Crippen LogP contribution in [0.4, 0.5) is 0 Å². The van der Waals surface area contributed by atoms with Gasteiger partial charge in [-0.05, 0) is 31.6 Å². The first-order chi connectivity index (χ1) is 10.0. The third kappa shape index (κ3) is 3.96. The van der Waals surface area contributed by atoms with Gasteiger partial charge in [0.15, 0.2) is 0 Å². The Morgan fingerprint density at radius 1 is 1.24 bits per heavy atom. The highest BCUT2D eigenvalue weighted by Gasteiger charge is 2.42. The van der Waals surface area contributed by atoms with Gasteiger partial charge in [0, 0.05) is 0 Å². The summed E-state index contributed by atoms with van der Waals surface area (Å²) in [4.78, 5) is 9.65. The number of methoxy groups -OCH3 is 2. The number of unbranched alkanes of at least 4 members (excludes halogenated alkanes) is 1. The molecular weight excluding hydrogens is 264 g/mol. The predicted molar refractivity (Wildman–Crippen MR) is 89.1 cm³/mol. The summed E-state index contributed by atoms with van der Waals surface area (Å²) < 4.78 is 11.1. The Balaban J connectivity index is 3.18. The van der Waals surface area contributed by atoms with E-state index in [1.54, 1.807) is 14.2 Å². The van der Waals surface area contributed by atoms with Gasteiger partial charge in [-0.15, -0.1) is 13.2 Å². The Kier molecular flexibility index (Phi) is 6.66. The second-order valence-corrected chi connectivity index (χ2v) is 5.69. The van der Waals surface area contributed by atoms with E-state index >= 15 is 0 Å². The SMILES string of the molecule is C=CCCC[C@]1(CC=C)N=C(OC)[C@@H](C(C)C)N=C1OC. The van der Waals surface area contributed by atoms with Crippen molar-refractivity contribution in [3.8, 4) is 0 Å². The molecule has 1 rings (SSSR count). The highest BCUT2D eigenvalue weighted by Crippen LogP contribution is 2.32. The highest BCUT2D eigenvalue weighted by molar-refractivity contribution is 5.97. The van der Waals surface area contributed by atoms with Gasteiger partial charge in [-0.1, -0.05) is 26.0 Å². The van der Waals surface area contributed by atoms with Crippen LogP contribution in [0.25, 0.3) is 0 Å². The largest absolute Gasteiger partial charge is 0.483 e. The predicted octanol–water partition coefficient (Wildman–Crippen LogP) is 3.79. The molecule has 0 bridgehead atoms. The molecule has 1 aliphatic heterocycles. The van der Waals surface area contributed by atoms with Gasteiger partial charge in [0.05, 0.1) is 14.2 Å². The van der Waals surface area contributed by atoms with Gasteiger partial charge < -0.3 is 9.47 Å². The molecule has 0 saturated heterocycles. The lowest BCUT2D eigenvalue weighted by atomic mass is 9.87. The van der Waals surface area contributed by atoms with Crippen molar-refractivity contribution in [3.63, 3.8) is 0 Å². The molecule has 21 heavy (non-hydrogen) atoms. The van der Waals surface area contributed by atoms with Gasteiger partial charge in [0.1, 0.15) is 11.6 Å². The molecule has 0 spiro atoms. The molecule has 2 atom stereocenters. The minimum atomic E-state index is -0.490. The molecule has 118 valence electrons.